The van der Waals surface area contributed by atoms with Gasteiger partial charge in [0.1, 0.15) is 0 Å². The molecule has 0 fully saturated rings. The SMILES string of the molecule is Cc1cc(C)c(C(=O)NCCC(O)c2cccn2C)c(C)c1. The Morgan fingerprint density at radius 2 is 1.91 bits per heavy atom. The smallest absolute Gasteiger partial charge is 0.251 e. The molecule has 0 radical (unpaired) electrons. The predicted molar refractivity (Wildman–Crippen MR) is 88.0 cm³/mol. The molecule has 1 aromatic carbocycles. The quantitative estimate of drug-likeness (QED) is 0.892. The number of carbonyl (C=O) groups is 1. The lowest BCUT2D eigenvalue weighted by Gasteiger charge is -2.14. The Labute approximate surface area is 131 Å². The number of aryl methyl sites for hydroxylation is 4. The molecule has 0 saturated heterocycles. The fourth-order valence-corrected chi connectivity index (χ4v) is 2.92. The number of hydrogen-bond acceptors (Lipinski definition) is 2. The first kappa shape index (κ1) is 16.3. The summed E-state index contributed by atoms with van der Waals surface area (Å²) in [6.45, 7) is 6.37. The molecule has 0 aliphatic rings. The highest BCUT2D eigenvalue weighted by molar-refractivity contribution is 5.97. The summed E-state index contributed by atoms with van der Waals surface area (Å²) in [6, 6.07) is 7.82. The van der Waals surface area contributed by atoms with E-state index in [2.05, 4.69) is 5.32 Å². The molecule has 4 heteroatoms. The monoisotopic (exact) mass is 300 g/mol. The van der Waals surface area contributed by atoms with E-state index in [0.717, 1.165) is 27.9 Å². The van der Waals surface area contributed by atoms with E-state index < -0.39 is 6.10 Å². The Morgan fingerprint density at radius 1 is 1.27 bits per heavy atom. The van der Waals surface area contributed by atoms with E-state index in [0.29, 0.717) is 13.0 Å². The van der Waals surface area contributed by atoms with Crippen LogP contribution >= 0.6 is 0 Å². The Morgan fingerprint density at radius 3 is 2.45 bits per heavy atom. The zero-order valence-electron chi connectivity index (χ0n) is 13.7. The summed E-state index contributed by atoms with van der Waals surface area (Å²) < 4.78 is 1.89. The van der Waals surface area contributed by atoms with Crippen LogP contribution in [0.25, 0.3) is 0 Å². The summed E-state index contributed by atoms with van der Waals surface area (Å²) in [5.74, 6) is -0.0749. The van der Waals surface area contributed by atoms with Crippen LogP contribution in [0.4, 0.5) is 0 Å². The second kappa shape index (κ2) is 6.79. The van der Waals surface area contributed by atoms with Crippen LogP contribution in [0.2, 0.25) is 0 Å². The third kappa shape index (κ3) is 3.57. The Hall–Kier alpha value is -2.07. The fraction of sp³-hybridized carbons (Fsp3) is 0.389. The van der Waals surface area contributed by atoms with Gasteiger partial charge in [-0.05, 0) is 50.5 Å². The average Bonchev–Trinajstić information content (AvgIpc) is 2.83. The highest BCUT2D eigenvalue weighted by atomic mass is 16.3. The van der Waals surface area contributed by atoms with Crippen LogP contribution in [0, 0.1) is 20.8 Å². The van der Waals surface area contributed by atoms with Gasteiger partial charge >= 0.3 is 0 Å². The molecule has 0 saturated carbocycles. The van der Waals surface area contributed by atoms with Crippen molar-refractivity contribution in [1.29, 1.82) is 0 Å². The van der Waals surface area contributed by atoms with Gasteiger partial charge in [0.2, 0.25) is 0 Å². The number of hydrogen-bond donors (Lipinski definition) is 2. The molecule has 1 heterocycles. The lowest BCUT2D eigenvalue weighted by Crippen LogP contribution is -2.27. The number of benzene rings is 1. The van der Waals surface area contributed by atoms with Crippen LogP contribution in [-0.4, -0.2) is 22.1 Å². The van der Waals surface area contributed by atoms with Gasteiger partial charge in [-0.2, -0.15) is 0 Å². The molecule has 4 nitrogen and oxygen atoms in total. The minimum absolute atomic E-state index is 0.0749. The van der Waals surface area contributed by atoms with E-state index in [1.165, 1.54) is 0 Å². The first-order valence-electron chi connectivity index (χ1n) is 7.55. The predicted octanol–water partition coefficient (Wildman–Crippen LogP) is 2.80. The van der Waals surface area contributed by atoms with Gasteiger partial charge in [-0.25, -0.2) is 0 Å². The maximum atomic E-state index is 12.3. The van der Waals surface area contributed by atoms with Gasteiger partial charge in [0.15, 0.2) is 0 Å². The summed E-state index contributed by atoms with van der Waals surface area (Å²) in [5.41, 5.74) is 4.72. The summed E-state index contributed by atoms with van der Waals surface area (Å²) >= 11 is 0. The number of nitrogens with one attached hydrogen (secondary N) is 1. The molecular formula is C18H24N2O2. The van der Waals surface area contributed by atoms with Gasteiger partial charge in [-0.1, -0.05) is 17.7 Å². The minimum atomic E-state index is -0.569. The first-order chi connectivity index (χ1) is 10.4. The minimum Gasteiger partial charge on any atom is -0.387 e. The third-order valence-corrected chi connectivity index (χ3v) is 3.93. The van der Waals surface area contributed by atoms with Crippen molar-refractivity contribution in [3.63, 3.8) is 0 Å². The summed E-state index contributed by atoms with van der Waals surface area (Å²) in [4.78, 5) is 12.3. The van der Waals surface area contributed by atoms with Crippen molar-refractivity contribution in [1.82, 2.24) is 9.88 Å². The Bertz CT molecular complexity index is 650. The number of aromatic nitrogens is 1. The van der Waals surface area contributed by atoms with Crippen LogP contribution in [-0.2, 0) is 7.05 Å². The molecule has 1 aromatic heterocycles. The molecular weight excluding hydrogens is 276 g/mol. The molecule has 2 aromatic rings. The number of carbonyl (C=O) groups excluding carboxylic acids is 1. The van der Waals surface area contributed by atoms with E-state index in [-0.39, 0.29) is 5.91 Å². The lowest BCUT2D eigenvalue weighted by atomic mass is 9.99. The Balaban J connectivity index is 1.95. The second-order valence-electron chi connectivity index (χ2n) is 5.88. The molecule has 0 aliphatic heterocycles. The summed E-state index contributed by atoms with van der Waals surface area (Å²) in [6.07, 6.45) is 1.82. The maximum absolute atomic E-state index is 12.3. The van der Waals surface area contributed by atoms with Crippen molar-refractivity contribution < 1.29 is 9.90 Å². The highest BCUT2D eigenvalue weighted by Crippen LogP contribution is 2.18. The summed E-state index contributed by atoms with van der Waals surface area (Å²) in [7, 11) is 1.90. The van der Waals surface area contributed by atoms with Gasteiger partial charge in [-0.15, -0.1) is 0 Å². The molecule has 0 aliphatic carbocycles. The van der Waals surface area contributed by atoms with Gasteiger partial charge in [0.05, 0.1) is 6.10 Å². The topological polar surface area (TPSA) is 54.3 Å². The maximum Gasteiger partial charge on any atom is 0.251 e. The van der Waals surface area contributed by atoms with Crippen LogP contribution in [0.15, 0.2) is 30.5 Å². The lowest BCUT2D eigenvalue weighted by molar-refractivity contribution is 0.0940. The number of rotatable bonds is 5. The number of nitrogens with zero attached hydrogens (tertiary/aromatic N) is 1. The van der Waals surface area contributed by atoms with Gasteiger partial charge < -0.3 is 15.0 Å². The van der Waals surface area contributed by atoms with E-state index >= 15 is 0 Å². The largest absolute Gasteiger partial charge is 0.387 e. The first-order valence-corrected chi connectivity index (χ1v) is 7.55. The van der Waals surface area contributed by atoms with Crippen molar-refractivity contribution in [2.75, 3.05) is 6.54 Å². The van der Waals surface area contributed by atoms with Crippen LogP contribution in [0.5, 0.6) is 0 Å². The van der Waals surface area contributed by atoms with E-state index in [1.807, 2.05) is 62.8 Å². The van der Waals surface area contributed by atoms with E-state index in [4.69, 9.17) is 0 Å². The average molecular weight is 300 g/mol. The molecule has 2 N–H and O–H groups in total. The van der Waals surface area contributed by atoms with Crippen LogP contribution < -0.4 is 5.32 Å². The van der Waals surface area contributed by atoms with E-state index in [1.54, 1.807) is 0 Å². The van der Waals surface area contributed by atoms with Crippen molar-refractivity contribution in [3.05, 3.63) is 58.4 Å². The second-order valence-corrected chi connectivity index (χ2v) is 5.88. The third-order valence-electron chi connectivity index (χ3n) is 3.93. The molecule has 22 heavy (non-hydrogen) atoms. The van der Waals surface area contributed by atoms with Crippen molar-refractivity contribution in [2.24, 2.45) is 7.05 Å². The standard InChI is InChI=1S/C18H24N2O2/c1-12-10-13(2)17(14(3)11-12)18(22)19-8-7-16(21)15-6-5-9-20(15)4/h5-6,9-11,16,21H,7-8H2,1-4H3,(H,19,22). The van der Waals surface area contributed by atoms with Crippen molar-refractivity contribution >= 4 is 5.91 Å². The highest BCUT2D eigenvalue weighted by Gasteiger charge is 2.14. The van der Waals surface area contributed by atoms with E-state index in [9.17, 15) is 9.90 Å². The van der Waals surface area contributed by atoms with Gasteiger partial charge in [-0.3, -0.25) is 4.79 Å². The van der Waals surface area contributed by atoms with Gasteiger partial charge in [0.25, 0.3) is 5.91 Å². The fourth-order valence-electron chi connectivity index (χ4n) is 2.92. The molecule has 1 atom stereocenters. The molecule has 1 amide bonds. The molecule has 2 rings (SSSR count). The van der Waals surface area contributed by atoms with Gasteiger partial charge in [0, 0.05) is 31.0 Å². The molecule has 0 spiro atoms. The van der Waals surface area contributed by atoms with Crippen LogP contribution in [0.3, 0.4) is 0 Å². The zero-order chi connectivity index (χ0) is 16.3. The summed E-state index contributed by atoms with van der Waals surface area (Å²) in [5, 5.41) is 13.1. The Kier molecular flexibility index (Phi) is 5.03. The molecule has 118 valence electrons. The van der Waals surface area contributed by atoms with Crippen molar-refractivity contribution in [2.45, 2.75) is 33.3 Å². The molecule has 0 bridgehead atoms. The zero-order valence-corrected chi connectivity index (χ0v) is 13.7. The normalized spacial score (nSPS) is 12.2. The number of aliphatic hydroxyl groups excluding tert-OH is 1. The number of aliphatic hydroxyl groups is 1. The molecule has 1 unspecified atom stereocenters. The van der Waals surface area contributed by atoms with Crippen LogP contribution in [0.1, 0.15) is 45.3 Å². The number of amides is 1. The van der Waals surface area contributed by atoms with Crippen molar-refractivity contribution in [3.8, 4) is 0 Å².